The molecular formula is C15H15BrO2. The van der Waals surface area contributed by atoms with E-state index in [1.165, 1.54) is 0 Å². The molecule has 1 N–H and O–H groups in total. The van der Waals surface area contributed by atoms with Crippen LogP contribution in [0.4, 0.5) is 0 Å². The monoisotopic (exact) mass is 306 g/mol. The topological polar surface area (TPSA) is 29.5 Å². The number of aliphatic hydroxyl groups is 1. The Labute approximate surface area is 115 Å². The van der Waals surface area contributed by atoms with Crippen molar-refractivity contribution in [3.8, 4) is 5.75 Å². The van der Waals surface area contributed by atoms with Gasteiger partial charge in [-0.2, -0.15) is 0 Å². The van der Waals surface area contributed by atoms with Crippen LogP contribution in [0, 0.1) is 6.92 Å². The van der Waals surface area contributed by atoms with E-state index in [4.69, 9.17) is 4.74 Å². The average molecular weight is 307 g/mol. The number of halogens is 1. The van der Waals surface area contributed by atoms with Crippen LogP contribution in [0.2, 0.25) is 0 Å². The molecule has 0 aromatic heterocycles. The second-order valence-electron chi connectivity index (χ2n) is 4.20. The predicted octanol–water partition coefficient (Wildman–Crippen LogP) is 3.85. The van der Waals surface area contributed by atoms with Gasteiger partial charge in [-0.1, -0.05) is 45.8 Å². The Morgan fingerprint density at radius 2 is 1.94 bits per heavy atom. The third-order valence-corrected chi connectivity index (χ3v) is 3.58. The highest BCUT2D eigenvalue weighted by molar-refractivity contribution is 9.10. The number of aryl methyl sites for hydroxylation is 1. The molecule has 0 radical (unpaired) electrons. The van der Waals surface area contributed by atoms with Gasteiger partial charge in [0.1, 0.15) is 11.9 Å². The number of hydrogen-bond donors (Lipinski definition) is 1. The molecule has 0 fully saturated rings. The lowest BCUT2D eigenvalue weighted by Gasteiger charge is -2.15. The molecule has 0 heterocycles. The average Bonchev–Trinajstić information content (AvgIpc) is 2.41. The Balaban J connectivity index is 2.40. The Hall–Kier alpha value is -1.32. The predicted molar refractivity (Wildman–Crippen MR) is 75.9 cm³/mol. The van der Waals surface area contributed by atoms with E-state index in [-0.39, 0.29) is 0 Å². The van der Waals surface area contributed by atoms with Gasteiger partial charge in [0.05, 0.1) is 7.11 Å². The molecule has 1 unspecified atom stereocenters. The highest BCUT2D eigenvalue weighted by Crippen LogP contribution is 2.30. The summed E-state index contributed by atoms with van der Waals surface area (Å²) in [5.74, 6) is 0.746. The third kappa shape index (κ3) is 2.74. The maximum atomic E-state index is 10.4. The number of methoxy groups -OCH3 is 1. The fourth-order valence-electron chi connectivity index (χ4n) is 1.86. The summed E-state index contributed by atoms with van der Waals surface area (Å²) < 4.78 is 6.08. The molecular weight excluding hydrogens is 292 g/mol. The minimum Gasteiger partial charge on any atom is -0.497 e. The normalized spacial score (nSPS) is 12.2. The van der Waals surface area contributed by atoms with Crippen molar-refractivity contribution in [3.63, 3.8) is 0 Å². The van der Waals surface area contributed by atoms with Crippen LogP contribution in [-0.4, -0.2) is 12.2 Å². The van der Waals surface area contributed by atoms with Crippen molar-refractivity contribution in [3.05, 3.63) is 63.6 Å². The van der Waals surface area contributed by atoms with E-state index in [1.54, 1.807) is 7.11 Å². The fourth-order valence-corrected chi connectivity index (χ4v) is 2.33. The Kier molecular flexibility index (Phi) is 4.04. The highest BCUT2D eigenvalue weighted by Gasteiger charge is 2.14. The molecule has 2 nitrogen and oxygen atoms in total. The fraction of sp³-hybridized carbons (Fsp3) is 0.200. The second kappa shape index (κ2) is 5.55. The third-order valence-electron chi connectivity index (χ3n) is 2.86. The lowest BCUT2D eigenvalue weighted by Crippen LogP contribution is -2.01. The molecule has 0 amide bonds. The number of benzene rings is 2. The van der Waals surface area contributed by atoms with Crippen molar-refractivity contribution in [2.45, 2.75) is 13.0 Å². The van der Waals surface area contributed by atoms with Crippen LogP contribution in [0.5, 0.6) is 5.75 Å². The molecule has 18 heavy (non-hydrogen) atoms. The SMILES string of the molecule is COc1cccc(C(O)c2cc(C)ccc2Br)c1. The largest absolute Gasteiger partial charge is 0.497 e. The molecule has 1 atom stereocenters. The number of hydrogen-bond acceptors (Lipinski definition) is 2. The molecule has 3 heteroatoms. The van der Waals surface area contributed by atoms with Gasteiger partial charge in [0.15, 0.2) is 0 Å². The van der Waals surface area contributed by atoms with Crippen molar-refractivity contribution in [2.75, 3.05) is 7.11 Å². The molecule has 0 aliphatic rings. The molecule has 94 valence electrons. The zero-order valence-corrected chi connectivity index (χ0v) is 11.9. The van der Waals surface area contributed by atoms with Crippen LogP contribution in [0.1, 0.15) is 22.8 Å². The van der Waals surface area contributed by atoms with E-state index in [1.807, 2.05) is 49.4 Å². The number of ether oxygens (including phenoxy) is 1. The first-order valence-corrected chi connectivity index (χ1v) is 6.49. The van der Waals surface area contributed by atoms with Crippen LogP contribution in [0.15, 0.2) is 46.9 Å². The van der Waals surface area contributed by atoms with E-state index in [0.717, 1.165) is 26.9 Å². The van der Waals surface area contributed by atoms with Gasteiger partial charge in [0.25, 0.3) is 0 Å². The van der Waals surface area contributed by atoms with E-state index < -0.39 is 6.10 Å². The minimum atomic E-state index is -0.658. The quantitative estimate of drug-likeness (QED) is 0.933. The highest BCUT2D eigenvalue weighted by atomic mass is 79.9. The van der Waals surface area contributed by atoms with E-state index in [2.05, 4.69) is 15.9 Å². The standard InChI is InChI=1S/C15H15BrO2/c1-10-6-7-14(16)13(8-10)15(17)11-4-3-5-12(9-11)18-2/h3-9,15,17H,1-2H3. The van der Waals surface area contributed by atoms with Crippen molar-refractivity contribution >= 4 is 15.9 Å². The number of rotatable bonds is 3. The molecule has 0 aliphatic carbocycles. The van der Waals surface area contributed by atoms with Crippen LogP contribution >= 0.6 is 15.9 Å². The first-order valence-electron chi connectivity index (χ1n) is 5.70. The molecule has 0 bridgehead atoms. The molecule has 0 aliphatic heterocycles. The Morgan fingerprint density at radius 3 is 2.67 bits per heavy atom. The minimum absolute atomic E-state index is 0.658. The van der Waals surface area contributed by atoms with Crippen molar-refractivity contribution in [2.24, 2.45) is 0 Å². The van der Waals surface area contributed by atoms with Crippen molar-refractivity contribution < 1.29 is 9.84 Å². The summed E-state index contributed by atoms with van der Waals surface area (Å²) in [6, 6.07) is 13.4. The summed E-state index contributed by atoms with van der Waals surface area (Å²) in [4.78, 5) is 0. The Morgan fingerprint density at radius 1 is 1.17 bits per heavy atom. The van der Waals surface area contributed by atoms with Gasteiger partial charge in [-0.3, -0.25) is 0 Å². The lowest BCUT2D eigenvalue weighted by molar-refractivity contribution is 0.219. The van der Waals surface area contributed by atoms with Gasteiger partial charge in [-0.05, 0) is 36.2 Å². The van der Waals surface area contributed by atoms with Crippen molar-refractivity contribution in [1.29, 1.82) is 0 Å². The van der Waals surface area contributed by atoms with Gasteiger partial charge in [-0.25, -0.2) is 0 Å². The van der Waals surface area contributed by atoms with Crippen molar-refractivity contribution in [1.82, 2.24) is 0 Å². The summed E-state index contributed by atoms with van der Waals surface area (Å²) in [5.41, 5.74) is 2.80. The van der Waals surface area contributed by atoms with Gasteiger partial charge in [-0.15, -0.1) is 0 Å². The first-order chi connectivity index (χ1) is 8.61. The van der Waals surface area contributed by atoms with Crippen LogP contribution in [0.25, 0.3) is 0 Å². The number of aliphatic hydroxyl groups excluding tert-OH is 1. The summed E-state index contributed by atoms with van der Waals surface area (Å²) in [6.07, 6.45) is -0.658. The summed E-state index contributed by atoms with van der Waals surface area (Å²) in [7, 11) is 1.62. The maximum Gasteiger partial charge on any atom is 0.119 e. The summed E-state index contributed by atoms with van der Waals surface area (Å²) in [5, 5.41) is 10.4. The maximum absolute atomic E-state index is 10.4. The Bertz CT molecular complexity index is 552. The van der Waals surface area contributed by atoms with Crippen LogP contribution in [-0.2, 0) is 0 Å². The molecule has 2 rings (SSSR count). The van der Waals surface area contributed by atoms with Crippen LogP contribution in [0.3, 0.4) is 0 Å². The molecule has 0 saturated heterocycles. The molecule has 0 spiro atoms. The zero-order valence-electron chi connectivity index (χ0n) is 10.4. The summed E-state index contributed by atoms with van der Waals surface area (Å²) >= 11 is 3.47. The van der Waals surface area contributed by atoms with E-state index in [9.17, 15) is 5.11 Å². The molecule has 2 aromatic carbocycles. The van der Waals surface area contributed by atoms with E-state index >= 15 is 0 Å². The first kappa shape index (κ1) is 13.1. The van der Waals surface area contributed by atoms with Gasteiger partial charge in [0, 0.05) is 4.47 Å². The summed E-state index contributed by atoms with van der Waals surface area (Å²) in [6.45, 7) is 2.01. The second-order valence-corrected chi connectivity index (χ2v) is 5.06. The van der Waals surface area contributed by atoms with Gasteiger partial charge >= 0.3 is 0 Å². The molecule has 2 aromatic rings. The zero-order chi connectivity index (χ0) is 13.1. The van der Waals surface area contributed by atoms with Gasteiger partial charge in [0.2, 0.25) is 0 Å². The van der Waals surface area contributed by atoms with Crippen LogP contribution < -0.4 is 4.74 Å². The van der Waals surface area contributed by atoms with E-state index in [0.29, 0.717) is 0 Å². The molecule has 0 saturated carbocycles. The smallest absolute Gasteiger partial charge is 0.119 e. The van der Waals surface area contributed by atoms with Gasteiger partial charge < -0.3 is 9.84 Å². The lowest BCUT2D eigenvalue weighted by atomic mass is 10.00.